The Labute approximate surface area is 197 Å². The smallest absolute Gasteiger partial charge is 0.251 e. The number of carbonyl (C=O) groups is 1. The summed E-state index contributed by atoms with van der Waals surface area (Å²) in [4.78, 5) is 29.7. The van der Waals surface area contributed by atoms with Gasteiger partial charge in [-0.25, -0.2) is 19.3 Å². The molecule has 1 aromatic carbocycles. The highest BCUT2D eigenvalue weighted by atomic mass is 19.1. The maximum Gasteiger partial charge on any atom is 0.251 e. The number of aromatic nitrogens is 4. The Morgan fingerprint density at radius 3 is 2.62 bits per heavy atom. The van der Waals surface area contributed by atoms with Crippen LogP contribution in [0.4, 0.5) is 16.0 Å². The maximum atomic E-state index is 14.5. The number of rotatable bonds is 8. The van der Waals surface area contributed by atoms with Crippen LogP contribution >= 0.6 is 0 Å². The van der Waals surface area contributed by atoms with Gasteiger partial charge in [0.2, 0.25) is 0 Å². The first-order chi connectivity index (χ1) is 16.5. The molecule has 1 amide bonds. The number of halogens is 1. The highest BCUT2D eigenvalue weighted by molar-refractivity contribution is 6.06. The first kappa shape index (κ1) is 23.0. The van der Waals surface area contributed by atoms with E-state index in [-0.39, 0.29) is 11.8 Å². The zero-order valence-corrected chi connectivity index (χ0v) is 19.3. The van der Waals surface area contributed by atoms with Crippen LogP contribution in [-0.2, 0) is 0 Å². The SMILES string of the molecule is CCNc1ccc(-c2cc(NC[C@@H](C)c3cc(F)cc4c(C(=O)NC)ccnc34)ncn2)cn1. The molecule has 0 fully saturated rings. The van der Waals surface area contributed by atoms with E-state index in [2.05, 4.69) is 35.9 Å². The van der Waals surface area contributed by atoms with E-state index in [9.17, 15) is 9.18 Å². The molecule has 0 aliphatic heterocycles. The molecule has 3 heterocycles. The molecular formula is C25H26FN7O. The number of amides is 1. The minimum atomic E-state index is -0.412. The van der Waals surface area contributed by atoms with Crippen LogP contribution in [-0.4, -0.2) is 46.0 Å². The van der Waals surface area contributed by atoms with Gasteiger partial charge in [0.15, 0.2) is 0 Å². The molecule has 0 radical (unpaired) electrons. The first-order valence-electron chi connectivity index (χ1n) is 11.1. The summed E-state index contributed by atoms with van der Waals surface area (Å²) in [6, 6.07) is 10.1. The molecule has 0 aliphatic rings. The third kappa shape index (κ3) is 4.93. The molecule has 34 heavy (non-hydrogen) atoms. The molecule has 9 heteroatoms. The van der Waals surface area contributed by atoms with Gasteiger partial charge in [-0.1, -0.05) is 6.92 Å². The second-order valence-corrected chi connectivity index (χ2v) is 7.86. The van der Waals surface area contributed by atoms with Crippen molar-refractivity contribution in [3.63, 3.8) is 0 Å². The fourth-order valence-electron chi connectivity index (χ4n) is 3.76. The molecule has 0 bridgehead atoms. The predicted molar refractivity (Wildman–Crippen MR) is 131 cm³/mol. The summed E-state index contributed by atoms with van der Waals surface area (Å²) in [5.41, 5.74) is 3.33. The molecule has 8 nitrogen and oxygen atoms in total. The molecule has 0 saturated heterocycles. The number of fused-ring (bicyclic) bond motifs is 1. The third-order valence-corrected chi connectivity index (χ3v) is 5.52. The van der Waals surface area contributed by atoms with Gasteiger partial charge in [-0.3, -0.25) is 9.78 Å². The number of nitrogens with zero attached hydrogens (tertiary/aromatic N) is 4. The van der Waals surface area contributed by atoms with E-state index in [4.69, 9.17) is 0 Å². The second-order valence-electron chi connectivity index (χ2n) is 7.86. The summed E-state index contributed by atoms with van der Waals surface area (Å²) < 4.78 is 14.5. The van der Waals surface area contributed by atoms with Crippen molar-refractivity contribution in [3.05, 3.63) is 72.1 Å². The van der Waals surface area contributed by atoms with E-state index in [0.717, 1.165) is 23.6 Å². The summed E-state index contributed by atoms with van der Waals surface area (Å²) in [7, 11) is 1.55. The Balaban J connectivity index is 1.55. The lowest BCUT2D eigenvalue weighted by atomic mass is 9.95. The van der Waals surface area contributed by atoms with Crippen LogP contribution in [0.25, 0.3) is 22.2 Å². The van der Waals surface area contributed by atoms with Crippen molar-refractivity contribution in [1.29, 1.82) is 0 Å². The molecule has 0 spiro atoms. The molecule has 4 rings (SSSR count). The highest BCUT2D eigenvalue weighted by Crippen LogP contribution is 2.28. The number of hydrogen-bond acceptors (Lipinski definition) is 7. The third-order valence-electron chi connectivity index (χ3n) is 5.52. The second kappa shape index (κ2) is 10.2. The maximum absolute atomic E-state index is 14.5. The normalized spacial score (nSPS) is 11.8. The van der Waals surface area contributed by atoms with Crippen LogP contribution in [0.15, 0.2) is 55.1 Å². The summed E-state index contributed by atoms with van der Waals surface area (Å²) in [5.74, 6) is 0.655. The van der Waals surface area contributed by atoms with Gasteiger partial charge in [0.05, 0.1) is 16.8 Å². The zero-order chi connectivity index (χ0) is 24.1. The average Bonchev–Trinajstić information content (AvgIpc) is 2.86. The predicted octanol–water partition coefficient (Wildman–Crippen LogP) is 4.23. The Hall–Kier alpha value is -4.14. The Kier molecular flexibility index (Phi) is 6.91. The number of pyridine rings is 2. The lowest BCUT2D eigenvalue weighted by Gasteiger charge is -2.17. The molecule has 4 aromatic rings. The van der Waals surface area contributed by atoms with Crippen molar-refractivity contribution in [2.75, 3.05) is 30.8 Å². The van der Waals surface area contributed by atoms with Gasteiger partial charge in [-0.05, 0) is 42.8 Å². The highest BCUT2D eigenvalue weighted by Gasteiger charge is 2.17. The van der Waals surface area contributed by atoms with Gasteiger partial charge in [0.25, 0.3) is 5.91 Å². The molecule has 3 N–H and O–H groups in total. The van der Waals surface area contributed by atoms with Crippen molar-refractivity contribution in [2.45, 2.75) is 19.8 Å². The van der Waals surface area contributed by atoms with Gasteiger partial charge in [0, 0.05) is 55.5 Å². The van der Waals surface area contributed by atoms with Crippen molar-refractivity contribution < 1.29 is 9.18 Å². The van der Waals surface area contributed by atoms with Crippen molar-refractivity contribution in [3.8, 4) is 11.3 Å². The van der Waals surface area contributed by atoms with Gasteiger partial charge >= 0.3 is 0 Å². The molecule has 0 unspecified atom stereocenters. The van der Waals surface area contributed by atoms with Crippen LogP contribution in [0.1, 0.15) is 35.7 Å². The van der Waals surface area contributed by atoms with Crippen molar-refractivity contribution in [1.82, 2.24) is 25.3 Å². The van der Waals surface area contributed by atoms with Crippen LogP contribution < -0.4 is 16.0 Å². The summed E-state index contributed by atoms with van der Waals surface area (Å²) in [6.07, 6.45) is 4.83. The fourth-order valence-corrected chi connectivity index (χ4v) is 3.76. The molecule has 0 saturated carbocycles. The standard InChI is InChI=1S/C25H26FN7O/c1-4-28-22-6-5-16(13-31-22)21-11-23(33-14-32-21)30-12-15(2)19-9-17(26)10-20-18(25(34)27-3)7-8-29-24(19)20/h5-11,13-15H,4,12H2,1-3H3,(H,27,34)(H,28,31)(H,30,32,33)/t15-/m1/s1. The molecule has 1 atom stereocenters. The van der Waals surface area contributed by atoms with E-state index < -0.39 is 5.82 Å². The topological polar surface area (TPSA) is 105 Å². The molecule has 174 valence electrons. The lowest BCUT2D eigenvalue weighted by molar-refractivity contribution is 0.0964. The van der Waals surface area contributed by atoms with Gasteiger partial charge < -0.3 is 16.0 Å². The van der Waals surface area contributed by atoms with Gasteiger partial charge in [-0.2, -0.15) is 0 Å². The molecule has 0 aliphatic carbocycles. The number of hydrogen-bond donors (Lipinski definition) is 3. The Bertz CT molecular complexity index is 1310. The zero-order valence-electron chi connectivity index (χ0n) is 19.3. The summed E-state index contributed by atoms with van der Waals surface area (Å²) in [6.45, 7) is 5.28. The first-order valence-corrected chi connectivity index (χ1v) is 11.1. The minimum absolute atomic E-state index is 0.106. The quantitative estimate of drug-likeness (QED) is 0.362. The minimum Gasteiger partial charge on any atom is -0.370 e. The van der Waals surface area contributed by atoms with E-state index in [0.29, 0.717) is 34.4 Å². The fraction of sp³-hybridized carbons (Fsp3) is 0.240. The van der Waals surface area contributed by atoms with Crippen LogP contribution in [0.5, 0.6) is 0 Å². The van der Waals surface area contributed by atoms with E-state index in [1.54, 1.807) is 25.5 Å². The van der Waals surface area contributed by atoms with Crippen LogP contribution in [0.3, 0.4) is 0 Å². The van der Waals surface area contributed by atoms with Crippen LogP contribution in [0.2, 0.25) is 0 Å². The largest absolute Gasteiger partial charge is 0.370 e. The number of benzene rings is 1. The Morgan fingerprint density at radius 1 is 1.03 bits per heavy atom. The van der Waals surface area contributed by atoms with Crippen LogP contribution in [0, 0.1) is 5.82 Å². The monoisotopic (exact) mass is 459 g/mol. The average molecular weight is 460 g/mol. The molecular weight excluding hydrogens is 433 g/mol. The number of anilines is 2. The van der Waals surface area contributed by atoms with Gasteiger partial charge in [-0.15, -0.1) is 0 Å². The lowest BCUT2D eigenvalue weighted by Crippen LogP contribution is -2.18. The molecule has 3 aromatic heterocycles. The van der Waals surface area contributed by atoms with E-state index in [1.807, 2.05) is 32.0 Å². The Morgan fingerprint density at radius 2 is 1.88 bits per heavy atom. The van der Waals surface area contributed by atoms with Crippen molar-refractivity contribution in [2.24, 2.45) is 0 Å². The summed E-state index contributed by atoms with van der Waals surface area (Å²) >= 11 is 0. The van der Waals surface area contributed by atoms with E-state index >= 15 is 0 Å². The summed E-state index contributed by atoms with van der Waals surface area (Å²) in [5, 5.41) is 9.55. The number of carbonyl (C=O) groups excluding carboxylic acids is 1. The van der Waals surface area contributed by atoms with E-state index in [1.165, 1.54) is 18.5 Å². The number of nitrogens with one attached hydrogen (secondary N) is 3. The van der Waals surface area contributed by atoms with Gasteiger partial charge in [0.1, 0.15) is 23.8 Å². The van der Waals surface area contributed by atoms with Crippen molar-refractivity contribution >= 4 is 28.4 Å².